The van der Waals surface area contributed by atoms with Crippen LogP contribution >= 0.6 is 23.2 Å². The number of rotatable bonds is 2. The van der Waals surface area contributed by atoms with Crippen LogP contribution in [0.5, 0.6) is 0 Å². The van der Waals surface area contributed by atoms with E-state index in [2.05, 4.69) is 0 Å². The Morgan fingerprint density at radius 3 is 2.60 bits per heavy atom. The highest BCUT2D eigenvalue weighted by atomic mass is 35.5. The maximum atomic E-state index is 10.6. The fourth-order valence-corrected chi connectivity index (χ4v) is 0.959. The van der Waals surface area contributed by atoms with E-state index in [1.165, 1.54) is 6.08 Å². The fourth-order valence-electron chi connectivity index (χ4n) is 0.632. The average Bonchev–Trinajstić information content (AvgIpc) is 1.88. The average molecular weight is 181 g/mol. The summed E-state index contributed by atoms with van der Waals surface area (Å²) in [5, 5.41) is 0. The van der Waals surface area contributed by atoms with Gasteiger partial charge in [0.1, 0.15) is 5.76 Å². The number of halogens is 2. The molecule has 2 nitrogen and oxygen atoms in total. The van der Waals surface area contributed by atoms with E-state index in [1.54, 1.807) is 6.92 Å². The number of allylic oxidation sites excluding steroid dienone is 2. The minimum Gasteiger partial charge on any atom is -0.494 e. The van der Waals surface area contributed by atoms with E-state index in [9.17, 15) is 4.79 Å². The molecule has 4 heteroatoms. The maximum Gasteiger partial charge on any atom is 0.236 e. The van der Waals surface area contributed by atoms with E-state index in [4.69, 9.17) is 27.9 Å². The molecule has 10 heavy (non-hydrogen) atoms. The second kappa shape index (κ2) is 2.44. The molecule has 0 saturated heterocycles. The molecule has 1 aliphatic carbocycles. The summed E-state index contributed by atoms with van der Waals surface area (Å²) in [6.07, 6.45) is 1.30. The van der Waals surface area contributed by atoms with Gasteiger partial charge in [-0.3, -0.25) is 4.79 Å². The van der Waals surface area contributed by atoms with Crippen molar-refractivity contribution in [2.75, 3.05) is 6.61 Å². The number of carbonyl (C=O) groups excluding carboxylic acids is 1. The van der Waals surface area contributed by atoms with Gasteiger partial charge in [-0.25, -0.2) is 0 Å². The predicted octanol–water partition coefficient (Wildman–Crippen LogP) is 1.66. The van der Waals surface area contributed by atoms with E-state index in [1.807, 2.05) is 0 Å². The third-order valence-electron chi connectivity index (χ3n) is 1.18. The third kappa shape index (κ3) is 1.02. The second-order valence-corrected chi connectivity index (χ2v) is 3.21. The van der Waals surface area contributed by atoms with Gasteiger partial charge in [-0.15, -0.1) is 0 Å². The highest BCUT2D eigenvalue weighted by molar-refractivity contribution is 6.63. The van der Waals surface area contributed by atoms with Gasteiger partial charge in [-0.05, 0) is 6.92 Å². The lowest BCUT2D eigenvalue weighted by Gasteiger charge is -2.27. The molecule has 0 spiro atoms. The lowest BCUT2D eigenvalue weighted by Crippen LogP contribution is -2.37. The maximum absolute atomic E-state index is 10.6. The van der Waals surface area contributed by atoms with E-state index >= 15 is 0 Å². The molecule has 56 valence electrons. The van der Waals surface area contributed by atoms with Gasteiger partial charge in [0.2, 0.25) is 10.1 Å². The van der Waals surface area contributed by atoms with E-state index in [0.717, 1.165) is 0 Å². The third-order valence-corrected chi connectivity index (χ3v) is 1.93. The number of ether oxygens (including phenoxy) is 1. The molecule has 1 rings (SSSR count). The molecule has 0 atom stereocenters. The summed E-state index contributed by atoms with van der Waals surface area (Å²) < 4.78 is 3.53. The van der Waals surface area contributed by atoms with Crippen LogP contribution in [0.15, 0.2) is 11.8 Å². The Labute approximate surface area is 68.8 Å². The molecule has 0 aromatic carbocycles. The molecule has 0 N–H and O–H groups in total. The van der Waals surface area contributed by atoms with Crippen LogP contribution in [0.4, 0.5) is 0 Å². The Morgan fingerprint density at radius 1 is 1.70 bits per heavy atom. The van der Waals surface area contributed by atoms with Gasteiger partial charge in [-0.2, -0.15) is 0 Å². The van der Waals surface area contributed by atoms with Crippen molar-refractivity contribution in [1.82, 2.24) is 0 Å². The largest absolute Gasteiger partial charge is 0.494 e. The van der Waals surface area contributed by atoms with Gasteiger partial charge in [-0.1, -0.05) is 23.2 Å². The van der Waals surface area contributed by atoms with Crippen molar-refractivity contribution in [3.8, 4) is 0 Å². The van der Waals surface area contributed by atoms with Gasteiger partial charge in [0, 0.05) is 6.08 Å². The van der Waals surface area contributed by atoms with Crippen LogP contribution in [-0.2, 0) is 9.53 Å². The minimum absolute atomic E-state index is 0.306. The molecular formula is C6H6Cl2O2. The van der Waals surface area contributed by atoms with Crippen molar-refractivity contribution in [1.29, 1.82) is 0 Å². The molecule has 0 heterocycles. The summed E-state index contributed by atoms with van der Waals surface area (Å²) >= 11 is 11.0. The number of hydrogen-bond acceptors (Lipinski definition) is 2. The Bertz CT molecular complexity index is 196. The smallest absolute Gasteiger partial charge is 0.236 e. The summed E-state index contributed by atoms with van der Waals surface area (Å²) in [7, 11) is 0. The van der Waals surface area contributed by atoms with Gasteiger partial charge in [0.15, 0.2) is 0 Å². The van der Waals surface area contributed by atoms with Crippen LogP contribution in [0.1, 0.15) is 6.92 Å². The second-order valence-electron chi connectivity index (χ2n) is 1.88. The minimum atomic E-state index is -1.41. The summed E-state index contributed by atoms with van der Waals surface area (Å²) in [6.45, 7) is 2.27. The highest BCUT2D eigenvalue weighted by Gasteiger charge is 2.46. The van der Waals surface area contributed by atoms with Gasteiger partial charge < -0.3 is 4.74 Å². The Hall–Kier alpha value is -0.210. The van der Waals surface area contributed by atoms with Crippen molar-refractivity contribution in [2.45, 2.75) is 11.3 Å². The molecule has 0 radical (unpaired) electrons. The molecule has 0 aromatic rings. The standard InChI is InChI=1S/C6H6Cl2O2/c1-2-10-5-3-4(9)6(5,7)8/h3H,2H2,1H3. The fraction of sp³-hybridized carbons (Fsp3) is 0.500. The first kappa shape index (κ1) is 7.89. The summed E-state index contributed by atoms with van der Waals surface area (Å²) in [5.41, 5.74) is 0. The van der Waals surface area contributed by atoms with Crippen LogP contribution in [0.25, 0.3) is 0 Å². The van der Waals surface area contributed by atoms with Crippen LogP contribution in [0, 0.1) is 0 Å². The molecule has 0 amide bonds. The van der Waals surface area contributed by atoms with Gasteiger partial charge in [0.05, 0.1) is 6.61 Å². The SMILES string of the molecule is CCOC1=CC(=O)C1(Cl)Cl. The number of ketones is 1. The van der Waals surface area contributed by atoms with E-state index in [-0.39, 0.29) is 5.78 Å². The van der Waals surface area contributed by atoms with Crippen molar-refractivity contribution in [3.63, 3.8) is 0 Å². The first-order valence-electron chi connectivity index (χ1n) is 2.86. The zero-order valence-corrected chi connectivity index (χ0v) is 6.87. The quantitative estimate of drug-likeness (QED) is 0.605. The highest BCUT2D eigenvalue weighted by Crippen LogP contribution is 2.39. The van der Waals surface area contributed by atoms with Crippen molar-refractivity contribution in [3.05, 3.63) is 11.8 Å². The normalized spacial score (nSPS) is 21.5. The molecule has 0 bridgehead atoms. The van der Waals surface area contributed by atoms with Crippen LogP contribution in [0.3, 0.4) is 0 Å². The van der Waals surface area contributed by atoms with Crippen LogP contribution in [-0.4, -0.2) is 16.7 Å². The van der Waals surface area contributed by atoms with Gasteiger partial charge >= 0.3 is 0 Å². The van der Waals surface area contributed by atoms with Crippen molar-refractivity contribution < 1.29 is 9.53 Å². The topological polar surface area (TPSA) is 26.3 Å². The molecule has 0 aliphatic heterocycles. The lowest BCUT2D eigenvalue weighted by molar-refractivity contribution is -0.117. The van der Waals surface area contributed by atoms with Crippen LogP contribution in [0.2, 0.25) is 0 Å². The van der Waals surface area contributed by atoms with Crippen LogP contribution < -0.4 is 0 Å². The van der Waals surface area contributed by atoms with E-state index < -0.39 is 4.33 Å². The van der Waals surface area contributed by atoms with Crippen molar-refractivity contribution >= 4 is 29.0 Å². The van der Waals surface area contributed by atoms with E-state index in [0.29, 0.717) is 12.4 Å². The lowest BCUT2D eigenvalue weighted by atomic mass is 10.1. The molecule has 0 saturated carbocycles. The van der Waals surface area contributed by atoms with Crippen molar-refractivity contribution in [2.24, 2.45) is 0 Å². The zero-order valence-electron chi connectivity index (χ0n) is 5.36. The summed E-state index contributed by atoms with van der Waals surface area (Å²) in [6, 6.07) is 0. The summed E-state index contributed by atoms with van der Waals surface area (Å²) in [5.74, 6) is 0.0441. The molecular weight excluding hydrogens is 175 g/mol. The molecule has 1 aliphatic rings. The monoisotopic (exact) mass is 180 g/mol. The first-order chi connectivity index (χ1) is 4.59. The zero-order chi connectivity index (χ0) is 7.78. The Morgan fingerprint density at radius 2 is 2.30 bits per heavy atom. The Kier molecular flexibility index (Phi) is 1.92. The summed E-state index contributed by atoms with van der Waals surface area (Å²) in [4.78, 5) is 10.6. The molecule has 0 fully saturated rings. The molecule has 0 unspecified atom stereocenters. The number of alkyl halides is 2. The Balaban J connectivity index is 2.66. The number of hydrogen-bond donors (Lipinski definition) is 0. The first-order valence-corrected chi connectivity index (χ1v) is 3.62. The number of carbonyl (C=O) groups is 1. The van der Waals surface area contributed by atoms with Gasteiger partial charge in [0.25, 0.3) is 0 Å². The predicted molar refractivity (Wildman–Crippen MR) is 39.2 cm³/mol. The molecule has 0 aromatic heterocycles.